The Morgan fingerprint density at radius 3 is 2.95 bits per heavy atom. The Kier molecular flexibility index (Phi) is 9.07. The third kappa shape index (κ3) is 6.91. The Labute approximate surface area is 121 Å². The average Bonchev–Trinajstić information content (AvgIpc) is 2.48. The van der Waals surface area contributed by atoms with Crippen molar-refractivity contribution in [1.29, 1.82) is 0 Å². The van der Waals surface area contributed by atoms with E-state index < -0.39 is 6.10 Å². The molecule has 6 heteroatoms. The van der Waals surface area contributed by atoms with Gasteiger partial charge in [0.2, 0.25) is 0 Å². The molecule has 20 heavy (non-hydrogen) atoms. The highest BCUT2D eigenvalue weighted by molar-refractivity contribution is 6.23. The summed E-state index contributed by atoms with van der Waals surface area (Å²) in [6.07, 6.45) is 1.68. The Morgan fingerprint density at radius 1 is 1.35 bits per heavy atom. The van der Waals surface area contributed by atoms with Crippen LogP contribution in [0.1, 0.15) is 30.9 Å². The number of ether oxygens (including phenoxy) is 1. The summed E-state index contributed by atoms with van der Waals surface area (Å²) in [6.45, 7) is 1.46. The van der Waals surface area contributed by atoms with Gasteiger partial charge in [0.15, 0.2) is 0 Å². The van der Waals surface area contributed by atoms with Crippen LogP contribution in [0, 0.1) is 0 Å². The zero-order valence-electron chi connectivity index (χ0n) is 12.0. The van der Waals surface area contributed by atoms with Crippen LogP contribution in [0.3, 0.4) is 0 Å². The first-order valence-electron chi connectivity index (χ1n) is 6.99. The van der Waals surface area contributed by atoms with Gasteiger partial charge in [-0.2, -0.15) is 0 Å². The quantitative estimate of drug-likeness (QED) is 0.413. The van der Waals surface area contributed by atoms with E-state index in [-0.39, 0.29) is 6.61 Å². The van der Waals surface area contributed by atoms with Crippen LogP contribution >= 0.6 is 0 Å². The minimum Gasteiger partial charge on any atom is -0.494 e. The topological polar surface area (TPSA) is 71.0 Å². The van der Waals surface area contributed by atoms with Gasteiger partial charge in [0.1, 0.15) is 5.75 Å². The molecule has 0 saturated carbocycles. The number of benzene rings is 1. The molecule has 0 aromatic heterocycles. The fraction of sp³-hybridized carbons (Fsp3) is 0.571. The molecule has 1 unspecified atom stereocenters. The molecule has 1 aromatic carbocycles. The lowest BCUT2D eigenvalue weighted by molar-refractivity contribution is 0.168. The van der Waals surface area contributed by atoms with Crippen molar-refractivity contribution in [3.8, 4) is 5.75 Å². The highest BCUT2D eigenvalue weighted by Crippen LogP contribution is 2.21. The van der Waals surface area contributed by atoms with Crippen LogP contribution in [-0.4, -0.2) is 44.7 Å². The first-order chi connectivity index (χ1) is 9.77. The molecule has 0 spiro atoms. The standard InChI is InChI=1S/C14H24BNO4/c1-19-15-16-8-7-14(18)12-5-4-6-13(11-12)20-10-3-2-9-17/h4-6,11,14-18H,2-3,7-10H2,1H3. The molecule has 0 aliphatic rings. The summed E-state index contributed by atoms with van der Waals surface area (Å²) < 4.78 is 10.5. The van der Waals surface area contributed by atoms with Crippen molar-refractivity contribution in [1.82, 2.24) is 5.23 Å². The summed E-state index contributed by atoms with van der Waals surface area (Å²) in [5, 5.41) is 21.8. The Hall–Kier alpha value is -1.08. The third-order valence-electron chi connectivity index (χ3n) is 2.90. The molecule has 1 atom stereocenters. The van der Waals surface area contributed by atoms with E-state index >= 15 is 0 Å². The fourth-order valence-corrected chi connectivity index (χ4v) is 1.80. The van der Waals surface area contributed by atoms with Crippen LogP contribution in [0.15, 0.2) is 24.3 Å². The summed E-state index contributed by atoms with van der Waals surface area (Å²) in [7, 11) is 2.11. The van der Waals surface area contributed by atoms with Crippen LogP contribution in [0.4, 0.5) is 0 Å². The molecular formula is C14H24BNO4. The minimum absolute atomic E-state index is 0.191. The lowest BCUT2D eigenvalue weighted by Crippen LogP contribution is -2.23. The van der Waals surface area contributed by atoms with Crippen molar-refractivity contribution in [3.63, 3.8) is 0 Å². The lowest BCUT2D eigenvalue weighted by Gasteiger charge is -2.13. The van der Waals surface area contributed by atoms with Gasteiger partial charge in [-0.25, -0.2) is 0 Å². The molecule has 3 N–H and O–H groups in total. The number of nitrogens with one attached hydrogen (secondary N) is 1. The smallest absolute Gasteiger partial charge is 0.360 e. The molecule has 112 valence electrons. The number of aliphatic hydroxyl groups excluding tert-OH is 2. The first kappa shape index (κ1) is 17.0. The van der Waals surface area contributed by atoms with Crippen molar-refractivity contribution in [3.05, 3.63) is 29.8 Å². The normalized spacial score (nSPS) is 12.2. The molecule has 0 bridgehead atoms. The zero-order chi connectivity index (χ0) is 14.6. The third-order valence-corrected chi connectivity index (χ3v) is 2.90. The number of hydrogen-bond acceptors (Lipinski definition) is 5. The van der Waals surface area contributed by atoms with Crippen molar-refractivity contribution in [2.75, 3.05) is 26.9 Å². The fourth-order valence-electron chi connectivity index (χ4n) is 1.80. The second-order valence-electron chi connectivity index (χ2n) is 4.59. The molecule has 5 nitrogen and oxygen atoms in total. The van der Waals surface area contributed by atoms with E-state index in [2.05, 4.69) is 5.23 Å². The SMILES string of the molecule is COBNCCC(O)c1cccc(OCCCCO)c1. The molecular weight excluding hydrogens is 257 g/mol. The van der Waals surface area contributed by atoms with E-state index in [0.29, 0.717) is 27.2 Å². The molecule has 0 radical (unpaired) electrons. The molecule has 0 aliphatic carbocycles. The summed E-state index contributed by atoms with van der Waals surface area (Å²) in [4.78, 5) is 0. The van der Waals surface area contributed by atoms with Crippen LogP contribution in [0.2, 0.25) is 0 Å². The molecule has 0 amide bonds. The van der Waals surface area contributed by atoms with Gasteiger partial charge in [-0.1, -0.05) is 12.1 Å². The van der Waals surface area contributed by atoms with E-state index in [0.717, 1.165) is 24.2 Å². The van der Waals surface area contributed by atoms with Crippen LogP contribution in [0.25, 0.3) is 0 Å². The van der Waals surface area contributed by atoms with E-state index in [1.807, 2.05) is 24.3 Å². The molecule has 0 heterocycles. The molecule has 1 aromatic rings. The van der Waals surface area contributed by atoms with E-state index in [4.69, 9.17) is 14.5 Å². The molecule has 0 fully saturated rings. The maximum absolute atomic E-state index is 10.1. The Balaban J connectivity index is 2.37. The minimum atomic E-state index is -0.514. The van der Waals surface area contributed by atoms with Crippen molar-refractivity contribution in [2.24, 2.45) is 0 Å². The maximum Gasteiger partial charge on any atom is 0.360 e. The summed E-state index contributed by atoms with van der Waals surface area (Å²) in [6, 6.07) is 7.50. The highest BCUT2D eigenvalue weighted by atomic mass is 16.5. The predicted octanol–water partition coefficient (Wildman–Crippen LogP) is 0.764. The second kappa shape index (κ2) is 10.7. The average molecular weight is 281 g/mol. The molecule has 0 saturated heterocycles. The van der Waals surface area contributed by atoms with E-state index in [9.17, 15) is 5.11 Å². The van der Waals surface area contributed by atoms with Crippen molar-refractivity contribution < 1.29 is 19.6 Å². The molecule has 1 rings (SSSR count). The van der Waals surface area contributed by atoms with Gasteiger partial charge in [-0.3, -0.25) is 0 Å². The predicted molar refractivity (Wildman–Crippen MR) is 80.0 cm³/mol. The Morgan fingerprint density at radius 2 is 2.20 bits per heavy atom. The number of unbranched alkanes of at least 4 members (excludes halogenated alkanes) is 1. The zero-order valence-corrected chi connectivity index (χ0v) is 12.0. The van der Waals surface area contributed by atoms with Crippen molar-refractivity contribution >= 4 is 7.62 Å². The summed E-state index contributed by atoms with van der Waals surface area (Å²) in [5.74, 6) is 0.754. The largest absolute Gasteiger partial charge is 0.494 e. The highest BCUT2D eigenvalue weighted by Gasteiger charge is 2.08. The number of aliphatic hydroxyl groups is 2. The number of rotatable bonds is 11. The monoisotopic (exact) mass is 281 g/mol. The second-order valence-corrected chi connectivity index (χ2v) is 4.59. The molecule has 0 aliphatic heterocycles. The van der Waals surface area contributed by atoms with Gasteiger partial charge in [-0.15, -0.1) is 0 Å². The van der Waals surface area contributed by atoms with Gasteiger partial charge >= 0.3 is 7.62 Å². The van der Waals surface area contributed by atoms with Gasteiger partial charge in [0, 0.05) is 13.7 Å². The lowest BCUT2D eigenvalue weighted by atomic mass is 10.1. The Bertz CT molecular complexity index is 365. The van der Waals surface area contributed by atoms with Gasteiger partial charge < -0.3 is 24.8 Å². The first-order valence-corrected chi connectivity index (χ1v) is 6.99. The van der Waals surface area contributed by atoms with Gasteiger partial charge in [0.25, 0.3) is 0 Å². The van der Waals surface area contributed by atoms with Gasteiger partial charge in [-0.05, 0) is 43.5 Å². The summed E-state index contributed by atoms with van der Waals surface area (Å²) >= 11 is 0. The van der Waals surface area contributed by atoms with Crippen molar-refractivity contribution in [2.45, 2.75) is 25.4 Å². The summed E-state index contributed by atoms with van der Waals surface area (Å²) in [5.41, 5.74) is 0.851. The van der Waals surface area contributed by atoms with Gasteiger partial charge in [0.05, 0.1) is 12.7 Å². The van der Waals surface area contributed by atoms with Crippen LogP contribution in [0.5, 0.6) is 5.75 Å². The van der Waals surface area contributed by atoms with E-state index in [1.165, 1.54) is 0 Å². The number of hydrogen-bond donors (Lipinski definition) is 3. The maximum atomic E-state index is 10.1. The van der Waals surface area contributed by atoms with Crippen LogP contribution in [-0.2, 0) is 4.65 Å². The van der Waals surface area contributed by atoms with E-state index in [1.54, 1.807) is 7.11 Å². The van der Waals surface area contributed by atoms with Crippen LogP contribution < -0.4 is 9.96 Å².